The zero-order valence-electron chi connectivity index (χ0n) is 13.3. The average Bonchev–Trinajstić information content (AvgIpc) is 2.45. The molecule has 2 unspecified atom stereocenters. The molecule has 1 aromatic carbocycles. The van der Waals surface area contributed by atoms with Crippen LogP contribution in [0, 0.1) is 27.4 Å². The number of aliphatic hydroxyl groups excluding tert-OH is 1. The predicted octanol–water partition coefficient (Wildman–Crippen LogP) is 3.66. The first-order valence-corrected chi connectivity index (χ1v) is 7.66. The number of Topliss-reactive ketones (excluding diaryl/α,β-unsaturated/α-hetero) is 1. The third kappa shape index (κ3) is 3.35. The van der Waals surface area contributed by atoms with Crippen molar-refractivity contribution in [3.63, 3.8) is 0 Å². The Morgan fingerprint density at radius 2 is 1.95 bits per heavy atom. The number of nitro groups is 1. The Kier molecular flexibility index (Phi) is 4.66. The molecule has 2 rings (SSSR count). The van der Waals surface area contributed by atoms with E-state index in [0.717, 1.165) is 6.42 Å². The van der Waals surface area contributed by atoms with Crippen molar-refractivity contribution in [3.05, 3.63) is 39.9 Å². The van der Waals surface area contributed by atoms with Crippen LogP contribution in [0.5, 0.6) is 0 Å². The Hall–Kier alpha value is -1.75. The number of hydrogen-bond donors (Lipinski definition) is 1. The van der Waals surface area contributed by atoms with Gasteiger partial charge < -0.3 is 5.11 Å². The lowest BCUT2D eigenvalue weighted by atomic mass is 9.67. The lowest BCUT2D eigenvalue weighted by Gasteiger charge is -2.38. The van der Waals surface area contributed by atoms with Gasteiger partial charge in [0.05, 0.1) is 16.6 Å². The van der Waals surface area contributed by atoms with Gasteiger partial charge in [-0.2, -0.15) is 0 Å². The summed E-state index contributed by atoms with van der Waals surface area (Å²) in [5, 5.41) is 21.7. The molecule has 5 nitrogen and oxygen atoms in total. The number of hydrogen-bond acceptors (Lipinski definition) is 4. The van der Waals surface area contributed by atoms with Crippen LogP contribution in [0.3, 0.4) is 0 Å². The molecule has 5 heteroatoms. The molecule has 0 aromatic heterocycles. The number of nitrogens with zero attached hydrogens (tertiary/aromatic N) is 1. The van der Waals surface area contributed by atoms with Crippen molar-refractivity contribution in [3.8, 4) is 0 Å². The van der Waals surface area contributed by atoms with E-state index in [-0.39, 0.29) is 22.4 Å². The first-order chi connectivity index (χ1) is 10.2. The smallest absolute Gasteiger partial charge is 0.275 e. The molecule has 1 aliphatic rings. The molecule has 3 atom stereocenters. The number of rotatable bonds is 3. The van der Waals surface area contributed by atoms with E-state index in [1.54, 1.807) is 12.1 Å². The summed E-state index contributed by atoms with van der Waals surface area (Å²) in [6, 6.07) is 6.12. The fraction of sp³-hybridized carbons (Fsp3) is 0.588. The summed E-state index contributed by atoms with van der Waals surface area (Å²) in [6.07, 6.45) is 0.724. The van der Waals surface area contributed by atoms with Gasteiger partial charge in [-0.3, -0.25) is 14.9 Å². The minimum absolute atomic E-state index is 0.00570. The Balaban J connectivity index is 2.29. The van der Waals surface area contributed by atoms with Gasteiger partial charge in [0.2, 0.25) is 0 Å². The third-order valence-corrected chi connectivity index (χ3v) is 4.75. The fourth-order valence-corrected chi connectivity index (χ4v) is 3.27. The largest absolute Gasteiger partial charge is 0.387 e. The maximum Gasteiger partial charge on any atom is 0.275 e. The van der Waals surface area contributed by atoms with E-state index in [1.807, 2.05) is 0 Å². The van der Waals surface area contributed by atoms with Gasteiger partial charge in [0, 0.05) is 18.4 Å². The Morgan fingerprint density at radius 1 is 1.32 bits per heavy atom. The molecule has 1 fully saturated rings. The molecule has 1 N–H and O–H groups in total. The SMILES string of the molecule is CC(C)(C)C1CCC(=O)C([C@H](O)c2ccccc2[N+](=O)[O-])C1. The van der Waals surface area contributed by atoms with Crippen LogP contribution < -0.4 is 0 Å². The minimum atomic E-state index is -1.11. The summed E-state index contributed by atoms with van der Waals surface area (Å²) < 4.78 is 0. The van der Waals surface area contributed by atoms with Crippen LogP contribution in [0.1, 0.15) is 51.7 Å². The van der Waals surface area contributed by atoms with E-state index in [1.165, 1.54) is 12.1 Å². The molecule has 1 aromatic rings. The quantitative estimate of drug-likeness (QED) is 0.682. The van der Waals surface area contributed by atoms with Gasteiger partial charge >= 0.3 is 0 Å². The van der Waals surface area contributed by atoms with Gasteiger partial charge in [-0.05, 0) is 30.2 Å². The number of carbonyl (C=O) groups is 1. The summed E-state index contributed by atoms with van der Waals surface area (Å²) in [5.41, 5.74) is 0.169. The second-order valence-electron chi connectivity index (χ2n) is 7.17. The maximum atomic E-state index is 12.2. The maximum absolute atomic E-state index is 12.2. The number of nitro benzene ring substituents is 1. The topological polar surface area (TPSA) is 80.4 Å². The van der Waals surface area contributed by atoms with Crippen LogP contribution >= 0.6 is 0 Å². The van der Waals surface area contributed by atoms with Crippen molar-refractivity contribution in [2.24, 2.45) is 17.3 Å². The normalized spacial score (nSPS) is 24.1. The number of ketones is 1. The van der Waals surface area contributed by atoms with Gasteiger partial charge in [-0.15, -0.1) is 0 Å². The highest BCUT2D eigenvalue weighted by Crippen LogP contribution is 2.43. The monoisotopic (exact) mass is 305 g/mol. The molecule has 0 bridgehead atoms. The molecule has 0 saturated heterocycles. The van der Waals surface area contributed by atoms with Gasteiger partial charge in [-0.25, -0.2) is 0 Å². The van der Waals surface area contributed by atoms with E-state index < -0.39 is 16.9 Å². The number of carbonyl (C=O) groups excluding carboxylic acids is 1. The molecule has 1 saturated carbocycles. The molecule has 22 heavy (non-hydrogen) atoms. The zero-order valence-corrected chi connectivity index (χ0v) is 13.3. The molecule has 0 radical (unpaired) electrons. The number of benzene rings is 1. The molecular weight excluding hydrogens is 282 g/mol. The molecular formula is C17H23NO4. The van der Waals surface area contributed by atoms with Crippen molar-refractivity contribution in [2.75, 3.05) is 0 Å². The minimum Gasteiger partial charge on any atom is -0.387 e. The first kappa shape index (κ1) is 16.6. The molecule has 0 spiro atoms. The number of aliphatic hydroxyl groups is 1. The zero-order chi connectivity index (χ0) is 16.5. The van der Waals surface area contributed by atoms with Crippen LogP contribution in [0.15, 0.2) is 24.3 Å². The predicted molar refractivity (Wildman–Crippen MR) is 83.3 cm³/mol. The van der Waals surface area contributed by atoms with Crippen molar-refractivity contribution < 1.29 is 14.8 Å². The van der Waals surface area contributed by atoms with Crippen LogP contribution in [0.2, 0.25) is 0 Å². The summed E-state index contributed by atoms with van der Waals surface area (Å²) in [7, 11) is 0. The van der Waals surface area contributed by atoms with Crippen LogP contribution in [0.4, 0.5) is 5.69 Å². The number of para-hydroxylation sites is 1. The third-order valence-electron chi connectivity index (χ3n) is 4.75. The second kappa shape index (κ2) is 6.16. The summed E-state index contributed by atoms with van der Waals surface area (Å²) >= 11 is 0. The van der Waals surface area contributed by atoms with Gasteiger partial charge in [0.15, 0.2) is 0 Å². The van der Waals surface area contributed by atoms with Crippen LogP contribution in [-0.4, -0.2) is 15.8 Å². The first-order valence-electron chi connectivity index (χ1n) is 7.66. The van der Waals surface area contributed by atoms with Crippen molar-refractivity contribution in [1.82, 2.24) is 0 Å². The highest BCUT2D eigenvalue weighted by atomic mass is 16.6. The van der Waals surface area contributed by atoms with E-state index in [2.05, 4.69) is 20.8 Å². The average molecular weight is 305 g/mol. The van der Waals surface area contributed by atoms with E-state index in [4.69, 9.17) is 0 Å². The van der Waals surface area contributed by atoms with Gasteiger partial charge in [-0.1, -0.05) is 32.9 Å². The summed E-state index contributed by atoms with van der Waals surface area (Å²) in [6.45, 7) is 6.38. The Bertz CT molecular complexity index is 576. The summed E-state index contributed by atoms with van der Waals surface area (Å²) in [5.74, 6) is -0.224. The molecule has 0 amide bonds. The molecule has 1 aliphatic carbocycles. The van der Waals surface area contributed by atoms with E-state index >= 15 is 0 Å². The van der Waals surface area contributed by atoms with E-state index in [0.29, 0.717) is 18.8 Å². The molecule has 0 aliphatic heterocycles. The van der Waals surface area contributed by atoms with Crippen molar-refractivity contribution in [2.45, 2.75) is 46.1 Å². The van der Waals surface area contributed by atoms with E-state index in [9.17, 15) is 20.0 Å². The van der Waals surface area contributed by atoms with Gasteiger partial charge in [0.25, 0.3) is 5.69 Å². The van der Waals surface area contributed by atoms with Gasteiger partial charge in [0.1, 0.15) is 5.78 Å². The highest BCUT2D eigenvalue weighted by Gasteiger charge is 2.40. The standard InChI is InChI=1S/C17H23NO4/c1-17(2,3)11-8-9-15(19)13(10-11)16(20)12-6-4-5-7-14(12)18(21)22/h4-7,11,13,16,20H,8-10H2,1-3H3/t11?,13?,16-/m1/s1. The van der Waals surface area contributed by atoms with Crippen LogP contribution in [0.25, 0.3) is 0 Å². The van der Waals surface area contributed by atoms with Crippen molar-refractivity contribution in [1.29, 1.82) is 0 Å². The highest BCUT2D eigenvalue weighted by molar-refractivity contribution is 5.82. The van der Waals surface area contributed by atoms with Crippen LogP contribution in [-0.2, 0) is 4.79 Å². The van der Waals surface area contributed by atoms with Crippen molar-refractivity contribution >= 4 is 11.5 Å². The second-order valence-corrected chi connectivity index (χ2v) is 7.17. The Labute approximate surface area is 130 Å². The lowest BCUT2D eigenvalue weighted by molar-refractivity contribution is -0.386. The molecule has 120 valence electrons. The fourth-order valence-electron chi connectivity index (χ4n) is 3.27. The lowest BCUT2D eigenvalue weighted by Crippen LogP contribution is -2.35. The summed E-state index contributed by atoms with van der Waals surface area (Å²) in [4.78, 5) is 22.8. The Morgan fingerprint density at radius 3 is 2.55 bits per heavy atom. The molecule has 0 heterocycles.